The van der Waals surface area contributed by atoms with Gasteiger partial charge in [0.15, 0.2) is 0 Å². The van der Waals surface area contributed by atoms with E-state index >= 15 is 0 Å². The van der Waals surface area contributed by atoms with E-state index in [1.165, 1.54) is 48.3 Å². The molecule has 0 atom stereocenters. The fourth-order valence-corrected chi connectivity index (χ4v) is 12.3. The largest absolute Gasteiger partial charge is 0.309 e. The molecule has 0 fully saturated rings. The third-order valence-corrected chi connectivity index (χ3v) is 15.0. The lowest BCUT2D eigenvalue weighted by molar-refractivity contribution is 0.720. The van der Waals surface area contributed by atoms with Gasteiger partial charge in [-0.05, 0) is 154 Å². The first-order valence-corrected chi connectivity index (χ1v) is 23.0. The number of nitrogens with zero attached hydrogens (tertiary/aromatic N) is 5. The Morgan fingerprint density at radius 1 is 0.394 bits per heavy atom. The van der Waals surface area contributed by atoms with E-state index in [1.54, 1.807) is 0 Å². The summed E-state index contributed by atoms with van der Waals surface area (Å²) in [6.07, 6.45) is 3.78. The second-order valence-corrected chi connectivity index (χ2v) is 18.3. The Bertz CT molecular complexity index is 4000. The average Bonchev–Trinajstić information content (AvgIpc) is 4.00. The topological polar surface area (TPSA) is 59.4 Å². The van der Waals surface area contributed by atoms with E-state index in [2.05, 4.69) is 197 Å². The van der Waals surface area contributed by atoms with Crippen LogP contribution in [0.3, 0.4) is 0 Å². The highest BCUT2D eigenvalue weighted by Gasteiger charge is 2.51. The van der Waals surface area contributed by atoms with Gasteiger partial charge >= 0.3 is 0 Å². The maximum atomic E-state index is 9.98. The molecule has 12 aromatic rings. The van der Waals surface area contributed by atoms with E-state index in [4.69, 9.17) is 9.97 Å². The molecule has 66 heavy (non-hydrogen) atoms. The minimum Gasteiger partial charge on any atom is -0.309 e. The number of hydrogen-bond donors (Lipinski definition) is 0. The number of benzene rings is 8. The summed E-state index contributed by atoms with van der Waals surface area (Å²) in [6, 6.07) is 74.6. The zero-order valence-corrected chi connectivity index (χ0v) is 36.2. The molecule has 1 aliphatic heterocycles. The zero-order chi connectivity index (χ0) is 43.5. The molecule has 306 valence electrons. The minimum atomic E-state index is -0.683. The summed E-state index contributed by atoms with van der Waals surface area (Å²) in [5.41, 5.74) is 17.9. The van der Waals surface area contributed by atoms with Crippen LogP contribution in [0, 0.1) is 11.3 Å². The van der Waals surface area contributed by atoms with Crippen molar-refractivity contribution < 1.29 is 0 Å². The highest BCUT2D eigenvalue weighted by atomic mass is 32.2. The van der Waals surface area contributed by atoms with Crippen molar-refractivity contribution >= 4 is 55.4 Å². The molecule has 0 radical (unpaired) electrons. The predicted octanol–water partition coefficient (Wildman–Crippen LogP) is 14.7. The predicted molar refractivity (Wildman–Crippen MR) is 268 cm³/mol. The Balaban J connectivity index is 0.985. The van der Waals surface area contributed by atoms with Gasteiger partial charge in [0.25, 0.3) is 0 Å². The molecule has 5 heterocycles. The van der Waals surface area contributed by atoms with Gasteiger partial charge in [-0.15, -0.1) is 0 Å². The number of hydrogen-bond acceptors (Lipinski definition) is 4. The third-order valence-electron chi connectivity index (χ3n) is 13.9. The minimum absolute atomic E-state index is 0.644. The number of aromatic nitrogens is 4. The van der Waals surface area contributed by atoms with Crippen LogP contribution in [-0.2, 0) is 5.41 Å². The molecule has 0 saturated heterocycles. The molecule has 2 aliphatic rings. The van der Waals surface area contributed by atoms with Crippen LogP contribution in [0.5, 0.6) is 0 Å². The van der Waals surface area contributed by atoms with E-state index in [-0.39, 0.29) is 0 Å². The van der Waals surface area contributed by atoms with Crippen LogP contribution >= 0.6 is 11.8 Å². The Kier molecular flexibility index (Phi) is 7.83. The molecule has 1 spiro atoms. The van der Waals surface area contributed by atoms with Crippen molar-refractivity contribution in [2.24, 2.45) is 0 Å². The number of rotatable bonds is 4. The van der Waals surface area contributed by atoms with Crippen molar-refractivity contribution in [3.8, 4) is 51.1 Å². The quantitative estimate of drug-likeness (QED) is 0.177. The molecule has 0 unspecified atom stereocenters. The summed E-state index contributed by atoms with van der Waals surface area (Å²) in [5.74, 6) is 0. The molecule has 1 aliphatic carbocycles. The first kappa shape index (κ1) is 36.9. The summed E-state index contributed by atoms with van der Waals surface area (Å²) in [4.78, 5) is 12.5. The second kappa shape index (κ2) is 14.0. The Hall–Kier alpha value is -8.50. The summed E-state index contributed by atoms with van der Waals surface area (Å²) in [5, 5.41) is 14.6. The van der Waals surface area contributed by atoms with Gasteiger partial charge in [0, 0.05) is 55.1 Å². The molecular weight excluding hydrogens is 823 g/mol. The van der Waals surface area contributed by atoms with Gasteiger partial charge in [0.1, 0.15) is 0 Å². The molecule has 0 bridgehead atoms. The van der Waals surface area contributed by atoms with Gasteiger partial charge in [0.05, 0.1) is 50.5 Å². The summed E-state index contributed by atoms with van der Waals surface area (Å²) in [6.45, 7) is 0. The molecule has 0 saturated carbocycles. The summed E-state index contributed by atoms with van der Waals surface area (Å²) in [7, 11) is 0. The van der Waals surface area contributed by atoms with Crippen LogP contribution in [-0.4, -0.2) is 19.1 Å². The fraction of sp³-hybridized carbons (Fsp3) is 0.0167. The first-order chi connectivity index (χ1) is 32.7. The molecule has 6 heteroatoms. The van der Waals surface area contributed by atoms with E-state index in [9.17, 15) is 5.26 Å². The second-order valence-electron chi connectivity index (χ2n) is 17.2. The highest BCUT2D eigenvalue weighted by Crippen LogP contribution is 2.62. The lowest BCUT2D eigenvalue weighted by Gasteiger charge is -2.39. The monoisotopic (exact) mass is 857 g/mol. The van der Waals surface area contributed by atoms with Gasteiger partial charge in [-0.1, -0.05) is 103 Å². The average molecular weight is 858 g/mol. The lowest BCUT2D eigenvalue weighted by Crippen LogP contribution is -2.32. The van der Waals surface area contributed by atoms with Crippen molar-refractivity contribution in [2.75, 3.05) is 0 Å². The van der Waals surface area contributed by atoms with Crippen LogP contribution in [0.1, 0.15) is 27.8 Å². The first-order valence-electron chi connectivity index (χ1n) is 22.2. The van der Waals surface area contributed by atoms with Crippen LogP contribution in [0.25, 0.3) is 88.6 Å². The van der Waals surface area contributed by atoms with Crippen molar-refractivity contribution in [1.29, 1.82) is 5.26 Å². The molecular formula is C60H35N5S. The number of fused-ring (bicyclic) bond motifs is 15. The van der Waals surface area contributed by atoms with Crippen molar-refractivity contribution in [1.82, 2.24) is 19.1 Å². The Morgan fingerprint density at radius 3 is 1.41 bits per heavy atom. The smallest absolute Gasteiger partial charge is 0.0991 e. The molecule has 14 rings (SSSR count). The normalized spacial score (nSPS) is 13.2. The van der Waals surface area contributed by atoms with Gasteiger partial charge in [-0.25, -0.2) is 0 Å². The molecule has 0 amide bonds. The van der Waals surface area contributed by atoms with Gasteiger partial charge in [-0.2, -0.15) is 5.26 Å². The van der Waals surface area contributed by atoms with Crippen LogP contribution < -0.4 is 0 Å². The van der Waals surface area contributed by atoms with Crippen LogP contribution in [0.15, 0.2) is 222 Å². The lowest BCUT2D eigenvalue weighted by atomic mass is 9.67. The molecule has 5 nitrogen and oxygen atoms in total. The Labute approximate surface area is 384 Å². The maximum absolute atomic E-state index is 9.98. The standard InChI is InChI=1S/C60H35N5S/c61-36-37-19-24-53-45(31-37)47-33-39(21-26-55(47)65(53)43-13-5-2-6-14-43)41-23-28-57-51(35-41)60(48-16-9-29-62-58(48)59-49(60)17-10-30-63-59)50-34-40(22-27-56(50)66-57)38-20-25-54-46(32-38)44-15-7-8-18-52(44)64(54)42-11-3-1-4-12-42/h1-35H. The number of nitriles is 1. The maximum Gasteiger partial charge on any atom is 0.0991 e. The van der Waals surface area contributed by atoms with E-state index in [0.717, 1.165) is 72.4 Å². The summed E-state index contributed by atoms with van der Waals surface area (Å²) < 4.78 is 4.67. The van der Waals surface area contributed by atoms with E-state index < -0.39 is 5.41 Å². The van der Waals surface area contributed by atoms with Gasteiger partial charge in [-0.3, -0.25) is 9.97 Å². The SMILES string of the molecule is N#Cc1ccc2c(c1)c1cc(-c3ccc4c(c3)C3(c5cc(-c6ccc7c(c6)c6ccccc6n7-c6ccccc6)ccc5S4)c4cccnc4-c4ncccc43)ccc1n2-c1ccccc1. The van der Waals surface area contributed by atoms with Crippen molar-refractivity contribution in [3.05, 3.63) is 240 Å². The zero-order valence-electron chi connectivity index (χ0n) is 35.4. The molecule has 4 aromatic heterocycles. The van der Waals surface area contributed by atoms with Crippen LogP contribution in [0.4, 0.5) is 0 Å². The molecule has 0 N–H and O–H groups in total. The third kappa shape index (κ3) is 5.12. The van der Waals surface area contributed by atoms with Gasteiger partial charge < -0.3 is 9.13 Å². The summed E-state index contributed by atoms with van der Waals surface area (Å²) >= 11 is 1.84. The van der Waals surface area contributed by atoms with Crippen molar-refractivity contribution in [2.45, 2.75) is 15.2 Å². The van der Waals surface area contributed by atoms with Gasteiger partial charge in [0.2, 0.25) is 0 Å². The molecule has 8 aromatic carbocycles. The van der Waals surface area contributed by atoms with E-state index in [0.29, 0.717) is 5.56 Å². The number of pyridine rings is 2. The highest BCUT2D eigenvalue weighted by molar-refractivity contribution is 7.99. The number of para-hydroxylation sites is 3. The van der Waals surface area contributed by atoms with Crippen molar-refractivity contribution in [3.63, 3.8) is 0 Å². The Morgan fingerprint density at radius 2 is 0.848 bits per heavy atom. The van der Waals surface area contributed by atoms with E-state index in [1.807, 2.05) is 42.4 Å². The fourth-order valence-electron chi connectivity index (χ4n) is 11.1. The van der Waals surface area contributed by atoms with Crippen LogP contribution in [0.2, 0.25) is 0 Å².